The Morgan fingerprint density at radius 1 is 1.35 bits per heavy atom. The molecule has 0 bridgehead atoms. The van der Waals surface area contributed by atoms with Crippen LogP contribution in [0.1, 0.15) is 20.9 Å². The Hall–Kier alpha value is -1.61. The van der Waals surface area contributed by atoms with Crippen LogP contribution in [0.5, 0.6) is 0 Å². The molecular weight excluding hydrogens is 313 g/mol. The zero-order valence-electron chi connectivity index (χ0n) is 9.93. The van der Waals surface area contributed by atoms with E-state index in [-0.39, 0.29) is 0 Å². The number of carbonyl (C=O) groups is 1. The number of carboxylic acids is 1. The van der Waals surface area contributed by atoms with Crippen molar-refractivity contribution in [2.45, 2.75) is 22.3 Å². The highest BCUT2D eigenvalue weighted by Crippen LogP contribution is 2.36. The number of hydrogen-bond acceptors (Lipinski definition) is 5. The van der Waals surface area contributed by atoms with Gasteiger partial charge in [0.2, 0.25) is 0 Å². The van der Waals surface area contributed by atoms with E-state index >= 15 is 0 Å². The SMILES string of the molecule is Cc1nnc(Sc2ccc(C(F)(F)F)c(C(=O)O)c2)s1. The molecule has 0 fully saturated rings. The van der Waals surface area contributed by atoms with Crippen molar-refractivity contribution >= 4 is 29.1 Å². The predicted molar refractivity (Wildman–Crippen MR) is 67.2 cm³/mol. The lowest BCUT2D eigenvalue weighted by molar-refractivity contribution is -0.138. The van der Waals surface area contributed by atoms with Gasteiger partial charge in [-0.25, -0.2) is 4.79 Å². The number of rotatable bonds is 3. The van der Waals surface area contributed by atoms with Crippen molar-refractivity contribution in [2.75, 3.05) is 0 Å². The van der Waals surface area contributed by atoms with Gasteiger partial charge in [0.1, 0.15) is 5.01 Å². The number of halogens is 3. The lowest BCUT2D eigenvalue weighted by atomic mass is 10.1. The molecule has 4 nitrogen and oxygen atoms in total. The average Bonchev–Trinajstić information content (AvgIpc) is 2.73. The molecule has 2 aromatic rings. The van der Waals surface area contributed by atoms with E-state index in [1.54, 1.807) is 6.92 Å². The number of carboxylic acid groups (broad SMARTS) is 1. The topological polar surface area (TPSA) is 63.1 Å². The molecule has 0 aliphatic heterocycles. The number of aromatic carboxylic acids is 1. The van der Waals surface area contributed by atoms with Crippen LogP contribution in [0.25, 0.3) is 0 Å². The largest absolute Gasteiger partial charge is 0.478 e. The minimum absolute atomic E-state index is 0.367. The molecule has 0 spiro atoms. The van der Waals surface area contributed by atoms with Gasteiger partial charge in [0.05, 0.1) is 11.1 Å². The van der Waals surface area contributed by atoms with E-state index in [2.05, 4.69) is 10.2 Å². The normalized spacial score (nSPS) is 11.6. The molecule has 0 aliphatic rings. The number of aromatic nitrogens is 2. The van der Waals surface area contributed by atoms with Crippen LogP contribution in [-0.4, -0.2) is 21.3 Å². The van der Waals surface area contributed by atoms with Gasteiger partial charge in [0, 0.05) is 4.90 Å². The summed E-state index contributed by atoms with van der Waals surface area (Å²) in [6.45, 7) is 1.75. The fourth-order valence-corrected chi connectivity index (χ4v) is 3.26. The summed E-state index contributed by atoms with van der Waals surface area (Å²) in [4.78, 5) is 11.3. The number of aryl methyl sites for hydroxylation is 1. The molecule has 0 atom stereocenters. The van der Waals surface area contributed by atoms with Crippen molar-refractivity contribution in [3.63, 3.8) is 0 Å². The Bertz CT molecular complexity index is 655. The number of nitrogens with zero attached hydrogens (tertiary/aromatic N) is 2. The van der Waals surface area contributed by atoms with E-state index in [4.69, 9.17) is 5.11 Å². The van der Waals surface area contributed by atoms with Crippen LogP contribution in [0.2, 0.25) is 0 Å². The monoisotopic (exact) mass is 320 g/mol. The van der Waals surface area contributed by atoms with E-state index in [0.717, 1.165) is 28.9 Å². The van der Waals surface area contributed by atoms with E-state index in [0.29, 0.717) is 9.24 Å². The molecule has 0 saturated carbocycles. The second-order valence-corrected chi connectivity index (χ2v) is 6.20. The van der Waals surface area contributed by atoms with Crippen molar-refractivity contribution in [2.24, 2.45) is 0 Å². The molecule has 1 aromatic heterocycles. The first-order chi connectivity index (χ1) is 9.27. The smallest absolute Gasteiger partial charge is 0.417 e. The maximum Gasteiger partial charge on any atom is 0.417 e. The maximum absolute atomic E-state index is 12.7. The average molecular weight is 320 g/mol. The first-order valence-electron chi connectivity index (χ1n) is 5.20. The summed E-state index contributed by atoms with van der Waals surface area (Å²) >= 11 is 2.35. The molecule has 0 saturated heterocycles. The van der Waals surface area contributed by atoms with Crippen molar-refractivity contribution in [1.29, 1.82) is 0 Å². The number of hydrogen-bond donors (Lipinski definition) is 1. The van der Waals surface area contributed by atoms with E-state index < -0.39 is 23.3 Å². The summed E-state index contributed by atoms with van der Waals surface area (Å²) in [5.41, 5.74) is -1.94. The van der Waals surface area contributed by atoms with Gasteiger partial charge in [-0.3, -0.25) is 0 Å². The molecule has 1 N–H and O–H groups in total. The van der Waals surface area contributed by atoms with Gasteiger partial charge in [-0.2, -0.15) is 13.2 Å². The minimum atomic E-state index is -4.70. The molecule has 106 valence electrons. The fraction of sp³-hybridized carbons (Fsp3) is 0.182. The summed E-state index contributed by atoms with van der Waals surface area (Å²) in [6.07, 6.45) is -4.70. The van der Waals surface area contributed by atoms with Crippen LogP contribution in [-0.2, 0) is 6.18 Å². The van der Waals surface area contributed by atoms with Gasteiger partial charge < -0.3 is 5.11 Å². The molecule has 0 radical (unpaired) electrons. The van der Waals surface area contributed by atoms with Crippen molar-refractivity contribution < 1.29 is 23.1 Å². The molecule has 9 heteroatoms. The Kier molecular flexibility index (Phi) is 4.00. The van der Waals surface area contributed by atoms with Crippen LogP contribution in [0.15, 0.2) is 27.4 Å². The summed E-state index contributed by atoms with van der Waals surface area (Å²) in [5.74, 6) is -1.62. The molecule has 20 heavy (non-hydrogen) atoms. The first kappa shape index (κ1) is 14.8. The Balaban J connectivity index is 2.38. The highest BCUT2D eigenvalue weighted by Gasteiger charge is 2.35. The van der Waals surface area contributed by atoms with Crippen LogP contribution in [0, 0.1) is 6.92 Å². The van der Waals surface area contributed by atoms with E-state index in [9.17, 15) is 18.0 Å². The summed E-state index contributed by atoms with van der Waals surface area (Å²) in [6, 6.07) is 2.98. The van der Waals surface area contributed by atoms with Crippen LogP contribution in [0.4, 0.5) is 13.2 Å². The van der Waals surface area contributed by atoms with Crippen LogP contribution < -0.4 is 0 Å². The maximum atomic E-state index is 12.7. The highest BCUT2D eigenvalue weighted by atomic mass is 32.2. The van der Waals surface area contributed by atoms with Gasteiger partial charge >= 0.3 is 12.1 Å². The minimum Gasteiger partial charge on any atom is -0.478 e. The second-order valence-electron chi connectivity index (χ2n) is 3.70. The molecule has 0 unspecified atom stereocenters. The Morgan fingerprint density at radius 2 is 2.05 bits per heavy atom. The molecular formula is C11H7F3N2O2S2. The van der Waals surface area contributed by atoms with Gasteiger partial charge in [0.25, 0.3) is 0 Å². The third-order valence-corrected chi connectivity index (χ3v) is 4.12. The van der Waals surface area contributed by atoms with Gasteiger partial charge in [-0.15, -0.1) is 10.2 Å². The highest BCUT2D eigenvalue weighted by molar-refractivity contribution is 8.01. The zero-order valence-corrected chi connectivity index (χ0v) is 11.6. The number of benzene rings is 1. The van der Waals surface area contributed by atoms with Crippen molar-refractivity contribution in [3.8, 4) is 0 Å². The standard InChI is InChI=1S/C11H7F3N2O2S2/c1-5-15-16-10(19-5)20-6-2-3-8(11(12,13)14)7(4-6)9(17)18/h2-4H,1H3,(H,17,18). The molecule has 1 heterocycles. The Morgan fingerprint density at radius 3 is 2.55 bits per heavy atom. The summed E-state index contributed by atoms with van der Waals surface area (Å²) in [7, 11) is 0. The van der Waals surface area contributed by atoms with Crippen molar-refractivity contribution in [3.05, 3.63) is 34.3 Å². The lowest BCUT2D eigenvalue weighted by Crippen LogP contribution is -2.12. The zero-order chi connectivity index (χ0) is 14.9. The molecule has 1 aromatic carbocycles. The summed E-state index contributed by atoms with van der Waals surface area (Å²) < 4.78 is 38.6. The van der Waals surface area contributed by atoms with Gasteiger partial charge in [-0.1, -0.05) is 23.1 Å². The van der Waals surface area contributed by atoms with Crippen LogP contribution >= 0.6 is 23.1 Å². The molecule has 0 amide bonds. The second kappa shape index (κ2) is 5.41. The van der Waals surface area contributed by atoms with Crippen molar-refractivity contribution in [1.82, 2.24) is 10.2 Å². The lowest BCUT2D eigenvalue weighted by Gasteiger charge is -2.11. The summed E-state index contributed by atoms with van der Waals surface area (Å²) in [5, 5.41) is 17.2. The first-order valence-corrected chi connectivity index (χ1v) is 6.83. The van der Waals surface area contributed by atoms with Gasteiger partial charge in [0.15, 0.2) is 4.34 Å². The third kappa shape index (κ3) is 3.28. The fourth-order valence-electron chi connectivity index (χ4n) is 1.43. The Labute approximate surface area is 119 Å². The number of alkyl halides is 3. The van der Waals surface area contributed by atoms with Crippen LogP contribution in [0.3, 0.4) is 0 Å². The quantitative estimate of drug-likeness (QED) is 0.934. The predicted octanol–water partition coefficient (Wildman–Crippen LogP) is 3.71. The molecule has 0 aliphatic carbocycles. The van der Waals surface area contributed by atoms with E-state index in [1.807, 2.05) is 0 Å². The van der Waals surface area contributed by atoms with Gasteiger partial charge in [-0.05, 0) is 25.1 Å². The third-order valence-electron chi connectivity index (χ3n) is 2.24. The van der Waals surface area contributed by atoms with E-state index in [1.165, 1.54) is 17.4 Å². The molecule has 2 rings (SSSR count).